The zero-order valence-corrected chi connectivity index (χ0v) is 18.5. The number of rotatable bonds is 4. The summed E-state index contributed by atoms with van der Waals surface area (Å²) < 4.78 is 5.25. The van der Waals surface area contributed by atoms with Crippen LogP contribution in [0.25, 0.3) is 0 Å². The zero-order valence-electron chi connectivity index (χ0n) is 16.9. The maximum atomic E-state index is 13.6. The number of para-hydroxylation sites is 1. The topological polar surface area (TPSA) is 59.1 Å². The van der Waals surface area contributed by atoms with Crippen LogP contribution in [0.1, 0.15) is 11.6 Å². The summed E-state index contributed by atoms with van der Waals surface area (Å²) in [5.41, 5.74) is 1.80. The van der Waals surface area contributed by atoms with E-state index >= 15 is 0 Å². The molecule has 2 aliphatic rings. The molecule has 0 radical (unpaired) electrons. The van der Waals surface area contributed by atoms with Crippen LogP contribution in [0.2, 0.25) is 10.0 Å². The summed E-state index contributed by atoms with van der Waals surface area (Å²) in [7, 11) is 1.53. The number of carbonyl (C=O) groups is 2. The van der Waals surface area contributed by atoms with Gasteiger partial charge < -0.3 is 4.74 Å². The lowest BCUT2D eigenvalue weighted by Gasteiger charge is -2.29. The van der Waals surface area contributed by atoms with Crippen LogP contribution in [-0.2, 0) is 14.4 Å². The summed E-state index contributed by atoms with van der Waals surface area (Å²) >= 11 is 12.6. The van der Waals surface area contributed by atoms with Crippen molar-refractivity contribution in [2.24, 2.45) is 5.92 Å². The molecule has 0 bridgehead atoms. The third kappa shape index (κ3) is 3.32. The van der Waals surface area contributed by atoms with Gasteiger partial charge in [-0.05, 0) is 42.0 Å². The van der Waals surface area contributed by atoms with Gasteiger partial charge in [0.2, 0.25) is 5.91 Å². The Bertz CT molecular complexity index is 1200. The Balaban J connectivity index is 1.60. The lowest BCUT2D eigenvalue weighted by atomic mass is 9.90. The van der Waals surface area contributed by atoms with Gasteiger partial charge in [-0.1, -0.05) is 53.5 Å². The van der Waals surface area contributed by atoms with Crippen molar-refractivity contribution in [1.29, 1.82) is 0 Å². The van der Waals surface area contributed by atoms with Gasteiger partial charge in [0, 0.05) is 16.1 Å². The average Bonchev–Trinajstić information content (AvgIpc) is 3.30. The standard InChI is InChI=1S/C24H18Cl2N2O4/c1-31-17-9-5-8-16(13-17)27-23(29)20-21(18-11-10-14(25)12-19(18)26)28(32-22(20)24(27)30)15-6-3-2-4-7-15/h2-13,20-22H,1H3/t20-,21-,22-/m0/s1. The number of nitrogens with zero attached hydrogens (tertiary/aromatic N) is 2. The van der Waals surface area contributed by atoms with Gasteiger partial charge in [0.15, 0.2) is 6.10 Å². The molecule has 0 spiro atoms. The number of ether oxygens (including phenoxy) is 1. The molecule has 0 unspecified atom stereocenters. The minimum absolute atomic E-state index is 0.359. The van der Waals surface area contributed by atoms with Crippen LogP contribution in [-0.4, -0.2) is 25.0 Å². The van der Waals surface area contributed by atoms with E-state index in [0.717, 1.165) is 4.90 Å². The second kappa shape index (κ2) is 8.13. The number of carbonyl (C=O) groups excluding carboxylic acids is 2. The van der Waals surface area contributed by atoms with Crippen molar-refractivity contribution >= 4 is 46.4 Å². The Labute approximate surface area is 194 Å². The molecule has 2 fully saturated rings. The number of benzene rings is 3. The smallest absolute Gasteiger partial charge is 0.266 e. The van der Waals surface area contributed by atoms with E-state index in [2.05, 4.69) is 0 Å². The number of hydrogen-bond acceptors (Lipinski definition) is 5. The molecule has 32 heavy (non-hydrogen) atoms. The van der Waals surface area contributed by atoms with E-state index in [-0.39, 0.29) is 5.91 Å². The quantitative estimate of drug-likeness (QED) is 0.501. The summed E-state index contributed by atoms with van der Waals surface area (Å²) in [5, 5.41) is 2.48. The predicted molar refractivity (Wildman–Crippen MR) is 122 cm³/mol. The first-order chi connectivity index (χ1) is 15.5. The molecule has 0 aliphatic carbocycles. The minimum atomic E-state index is -0.981. The second-order valence-corrected chi connectivity index (χ2v) is 8.38. The molecule has 3 aromatic carbocycles. The van der Waals surface area contributed by atoms with Gasteiger partial charge in [-0.25, -0.2) is 9.96 Å². The van der Waals surface area contributed by atoms with Gasteiger partial charge in [0.25, 0.3) is 5.91 Å². The first-order valence-electron chi connectivity index (χ1n) is 9.97. The van der Waals surface area contributed by atoms with Crippen LogP contribution in [0.15, 0.2) is 72.8 Å². The molecule has 6 nitrogen and oxygen atoms in total. The SMILES string of the molecule is COc1cccc(N2C(=O)[C@@H]3[C@H](ON(c4ccccc4)[C@H]3c3ccc(Cl)cc3Cl)C2=O)c1. The molecular weight excluding hydrogens is 451 g/mol. The highest BCUT2D eigenvalue weighted by Gasteiger charge is 2.60. The van der Waals surface area contributed by atoms with Gasteiger partial charge in [-0.2, -0.15) is 0 Å². The summed E-state index contributed by atoms with van der Waals surface area (Å²) in [6.07, 6.45) is -0.981. The highest BCUT2D eigenvalue weighted by molar-refractivity contribution is 6.35. The second-order valence-electron chi connectivity index (χ2n) is 7.54. The highest BCUT2D eigenvalue weighted by atomic mass is 35.5. The molecule has 0 aromatic heterocycles. The van der Waals surface area contributed by atoms with E-state index in [1.54, 1.807) is 47.5 Å². The summed E-state index contributed by atoms with van der Waals surface area (Å²) in [5.74, 6) is -1.03. The number of imide groups is 1. The number of hydroxylamine groups is 1. The van der Waals surface area contributed by atoms with Crippen LogP contribution in [0.5, 0.6) is 5.75 Å². The Morgan fingerprint density at radius 3 is 2.34 bits per heavy atom. The number of amides is 2. The number of methoxy groups -OCH3 is 1. The molecule has 2 saturated heterocycles. The fourth-order valence-electron chi connectivity index (χ4n) is 4.27. The first-order valence-corrected chi connectivity index (χ1v) is 10.7. The molecular formula is C24H18Cl2N2O4. The van der Waals surface area contributed by atoms with Crippen molar-refractivity contribution in [2.45, 2.75) is 12.1 Å². The van der Waals surface area contributed by atoms with Gasteiger partial charge in [-0.3, -0.25) is 14.4 Å². The van der Waals surface area contributed by atoms with Crippen LogP contribution in [0.4, 0.5) is 11.4 Å². The maximum absolute atomic E-state index is 13.6. The van der Waals surface area contributed by atoms with E-state index in [1.807, 2.05) is 30.3 Å². The number of halogens is 2. The van der Waals surface area contributed by atoms with E-state index in [4.69, 9.17) is 32.8 Å². The summed E-state index contributed by atoms with van der Waals surface area (Å²) in [6, 6.07) is 20.6. The molecule has 3 atom stereocenters. The molecule has 0 N–H and O–H groups in total. The Morgan fingerprint density at radius 1 is 0.875 bits per heavy atom. The fraction of sp³-hybridized carbons (Fsp3) is 0.167. The average molecular weight is 469 g/mol. The van der Waals surface area contributed by atoms with Gasteiger partial charge in [-0.15, -0.1) is 0 Å². The van der Waals surface area contributed by atoms with Crippen molar-refractivity contribution in [3.05, 3.63) is 88.4 Å². The van der Waals surface area contributed by atoms with Gasteiger partial charge in [0.05, 0.1) is 24.5 Å². The van der Waals surface area contributed by atoms with Gasteiger partial charge in [0.1, 0.15) is 11.7 Å². The molecule has 0 saturated carbocycles. The zero-order chi connectivity index (χ0) is 22.4. The number of anilines is 2. The van der Waals surface area contributed by atoms with Crippen molar-refractivity contribution in [1.82, 2.24) is 0 Å². The highest BCUT2D eigenvalue weighted by Crippen LogP contribution is 2.49. The van der Waals surface area contributed by atoms with Crippen molar-refractivity contribution < 1.29 is 19.2 Å². The number of hydrogen-bond donors (Lipinski definition) is 0. The van der Waals surface area contributed by atoms with E-state index in [9.17, 15) is 9.59 Å². The van der Waals surface area contributed by atoms with Crippen LogP contribution >= 0.6 is 23.2 Å². The molecule has 162 valence electrons. The van der Waals surface area contributed by atoms with E-state index < -0.39 is 24.0 Å². The van der Waals surface area contributed by atoms with E-state index in [0.29, 0.717) is 32.7 Å². The predicted octanol–water partition coefficient (Wildman–Crippen LogP) is 5.05. The summed E-state index contributed by atoms with van der Waals surface area (Å²) in [6.45, 7) is 0. The van der Waals surface area contributed by atoms with Crippen molar-refractivity contribution in [3.8, 4) is 5.75 Å². The molecule has 5 rings (SSSR count). The first kappa shape index (κ1) is 20.8. The Kier molecular flexibility index (Phi) is 5.29. The third-order valence-electron chi connectivity index (χ3n) is 5.72. The third-order valence-corrected chi connectivity index (χ3v) is 6.28. The van der Waals surface area contributed by atoms with Crippen LogP contribution < -0.4 is 14.7 Å². The van der Waals surface area contributed by atoms with Gasteiger partial charge >= 0.3 is 0 Å². The Hall–Kier alpha value is -3.06. The Morgan fingerprint density at radius 2 is 1.62 bits per heavy atom. The molecule has 2 amide bonds. The van der Waals surface area contributed by atoms with Crippen LogP contribution in [0.3, 0.4) is 0 Å². The minimum Gasteiger partial charge on any atom is -0.497 e. The normalized spacial score (nSPS) is 22.4. The van der Waals surface area contributed by atoms with Crippen molar-refractivity contribution in [2.75, 3.05) is 17.1 Å². The fourth-order valence-corrected chi connectivity index (χ4v) is 4.79. The summed E-state index contributed by atoms with van der Waals surface area (Å²) in [4.78, 5) is 34.3. The lowest BCUT2D eigenvalue weighted by Crippen LogP contribution is -2.37. The maximum Gasteiger partial charge on any atom is 0.266 e. The molecule has 8 heteroatoms. The lowest BCUT2D eigenvalue weighted by molar-refractivity contribution is -0.126. The van der Waals surface area contributed by atoms with Crippen LogP contribution in [0, 0.1) is 5.92 Å². The van der Waals surface area contributed by atoms with Crippen molar-refractivity contribution in [3.63, 3.8) is 0 Å². The molecule has 3 aromatic rings. The molecule has 2 heterocycles. The molecule has 2 aliphatic heterocycles. The largest absolute Gasteiger partial charge is 0.497 e. The number of fused-ring (bicyclic) bond motifs is 1. The van der Waals surface area contributed by atoms with E-state index in [1.165, 1.54) is 7.11 Å². The monoisotopic (exact) mass is 468 g/mol.